The minimum Gasteiger partial charge on any atom is -0.258 e. The summed E-state index contributed by atoms with van der Waals surface area (Å²) in [5.41, 5.74) is 1.46. The summed E-state index contributed by atoms with van der Waals surface area (Å²) in [7, 11) is 0. The lowest BCUT2D eigenvalue weighted by atomic mass is 10.1. The molecule has 0 bridgehead atoms. The molecule has 25 heavy (non-hydrogen) atoms. The maximum absolute atomic E-state index is 11.2. The Morgan fingerprint density at radius 2 is 1.40 bits per heavy atom. The first-order chi connectivity index (χ1) is 12.0. The fraction of sp³-hybridized carbons (Fsp3) is 0. The van der Waals surface area contributed by atoms with Crippen LogP contribution in [0.1, 0.15) is 0 Å². The van der Waals surface area contributed by atoms with Crippen LogP contribution in [0.5, 0.6) is 0 Å². The highest BCUT2D eigenvalue weighted by Gasteiger charge is 2.26. The molecule has 0 radical (unpaired) electrons. The molecule has 7 nitrogen and oxygen atoms in total. The molecule has 0 aliphatic rings. The molecule has 0 fully saturated rings. The van der Waals surface area contributed by atoms with Gasteiger partial charge in [0.15, 0.2) is 12.4 Å². The van der Waals surface area contributed by atoms with E-state index in [0.29, 0.717) is 5.02 Å². The number of hydrogen-bond acceptors (Lipinski definition) is 4. The van der Waals surface area contributed by atoms with E-state index >= 15 is 0 Å². The van der Waals surface area contributed by atoms with E-state index in [2.05, 4.69) is 0 Å². The zero-order chi connectivity index (χ0) is 18.0. The number of nitro groups is 2. The summed E-state index contributed by atoms with van der Waals surface area (Å²) < 4.78 is 1.54. The first-order valence-corrected chi connectivity index (χ1v) is 7.54. The van der Waals surface area contributed by atoms with Gasteiger partial charge in [-0.15, -0.1) is 0 Å². The first-order valence-electron chi connectivity index (χ1n) is 7.16. The zero-order valence-electron chi connectivity index (χ0n) is 12.7. The standard InChI is InChI=1S/C17H11ClN3O4/c18-14-3-1-12(2-4-14)13-7-9-19(10-8-13)16-6-5-15(20(22)23)11-17(16)21(24)25/h1-11H/q+1. The van der Waals surface area contributed by atoms with Crippen LogP contribution in [0.3, 0.4) is 0 Å². The summed E-state index contributed by atoms with van der Waals surface area (Å²) >= 11 is 5.87. The van der Waals surface area contributed by atoms with Crippen molar-refractivity contribution in [2.45, 2.75) is 0 Å². The van der Waals surface area contributed by atoms with Gasteiger partial charge in [-0.25, -0.2) is 0 Å². The molecule has 0 amide bonds. The Morgan fingerprint density at radius 3 is 1.96 bits per heavy atom. The number of rotatable bonds is 4. The lowest BCUT2D eigenvalue weighted by molar-refractivity contribution is -0.600. The van der Waals surface area contributed by atoms with Crippen LogP contribution in [0.2, 0.25) is 5.02 Å². The highest BCUT2D eigenvalue weighted by molar-refractivity contribution is 6.30. The van der Waals surface area contributed by atoms with Gasteiger partial charge in [0.05, 0.1) is 9.85 Å². The molecule has 0 aliphatic carbocycles. The maximum atomic E-state index is 11.2. The van der Waals surface area contributed by atoms with Crippen molar-refractivity contribution in [3.8, 4) is 16.8 Å². The molecule has 0 atom stereocenters. The van der Waals surface area contributed by atoms with Crippen molar-refractivity contribution >= 4 is 23.0 Å². The molecule has 0 saturated heterocycles. The normalized spacial score (nSPS) is 10.4. The second-order valence-electron chi connectivity index (χ2n) is 5.19. The van der Waals surface area contributed by atoms with Gasteiger partial charge in [0, 0.05) is 29.3 Å². The molecule has 3 aromatic rings. The van der Waals surface area contributed by atoms with Crippen molar-refractivity contribution < 1.29 is 14.4 Å². The lowest BCUT2D eigenvalue weighted by Gasteiger charge is -2.02. The van der Waals surface area contributed by atoms with Crippen molar-refractivity contribution in [3.05, 3.63) is 92.2 Å². The van der Waals surface area contributed by atoms with Gasteiger partial charge in [0.1, 0.15) is 6.07 Å². The van der Waals surface area contributed by atoms with Gasteiger partial charge in [-0.2, -0.15) is 4.57 Å². The number of non-ortho nitro benzene ring substituents is 1. The summed E-state index contributed by atoms with van der Waals surface area (Å²) in [6.45, 7) is 0. The van der Waals surface area contributed by atoms with Crippen LogP contribution in [0.4, 0.5) is 11.4 Å². The molecule has 0 N–H and O–H groups in total. The molecule has 2 aromatic carbocycles. The van der Waals surface area contributed by atoms with E-state index < -0.39 is 9.85 Å². The Balaban J connectivity index is 2.01. The first kappa shape index (κ1) is 16.5. The summed E-state index contributed by atoms with van der Waals surface area (Å²) in [5, 5.41) is 22.7. The van der Waals surface area contributed by atoms with Gasteiger partial charge >= 0.3 is 5.69 Å². The maximum Gasteiger partial charge on any atom is 0.347 e. The number of nitrogens with zero attached hydrogens (tertiary/aromatic N) is 3. The van der Waals surface area contributed by atoms with E-state index in [9.17, 15) is 20.2 Å². The third-order valence-corrected chi connectivity index (χ3v) is 3.90. The second kappa shape index (κ2) is 6.66. The summed E-state index contributed by atoms with van der Waals surface area (Å²) in [6, 6.07) is 14.4. The summed E-state index contributed by atoms with van der Waals surface area (Å²) in [5.74, 6) is 0. The second-order valence-corrected chi connectivity index (χ2v) is 5.62. The van der Waals surface area contributed by atoms with Crippen molar-refractivity contribution in [1.82, 2.24) is 0 Å². The predicted molar refractivity (Wildman–Crippen MR) is 91.7 cm³/mol. The largest absolute Gasteiger partial charge is 0.347 e. The monoisotopic (exact) mass is 356 g/mol. The Morgan fingerprint density at radius 1 is 0.800 bits per heavy atom. The van der Waals surface area contributed by atoms with Gasteiger partial charge in [0.2, 0.25) is 0 Å². The average Bonchev–Trinajstić information content (AvgIpc) is 2.62. The van der Waals surface area contributed by atoms with Crippen molar-refractivity contribution in [3.63, 3.8) is 0 Å². The molecule has 1 aromatic heterocycles. The highest BCUT2D eigenvalue weighted by Crippen LogP contribution is 2.25. The van der Waals surface area contributed by atoms with Crippen molar-refractivity contribution in [2.75, 3.05) is 0 Å². The fourth-order valence-electron chi connectivity index (χ4n) is 2.41. The number of halogens is 1. The molecule has 0 aliphatic heterocycles. The van der Waals surface area contributed by atoms with Crippen LogP contribution in [-0.4, -0.2) is 9.85 Å². The van der Waals surface area contributed by atoms with E-state index in [-0.39, 0.29) is 17.1 Å². The Kier molecular flexibility index (Phi) is 4.40. The lowest BCUT2D eigenvalue weighted by Crippen LogP contribution is -2.30. The third-order valence-electron chi connectivity index (χ3n) is 3.65. The van der Waals surface area contributed by atoms with E-state index in [4.69, 9.17) is 11.6 Å². The van der Waals surface area contributed by atoms with E-state index in [1.165, 1.54) is 12.1 Å². The Labute approximate surface area is 147 Å². The van der Waals surface area contributed by atoms with E-state index in [1.54, 1.807) is 41.2 Å². The third kappa shape index (κ3) is 3.46. The molecule has 0 spiro atoms. The van der Waals surface area contributed by atoms with Crippen molar-refractivity contribution in [1.29, 1.82) is 0 Å². The number of hydrogen-bond donors (Lipinski definition) is 0. The van der Waals surface area contributed by atoms with Crippen LogP contribution in [0, 0.1) is 20.2 Å². The Hall–Kier alpha value is -3.32. The van der Waals surface area contributed by atoms with Crippen LogP contribution in [0.25, 0.3) is 16.8 Å². The minimum atomic E-state index is -0.662. The van der Waals surface area contributed by atoms with Gasteiger partial charge in [-0.05, 0) is 23.3 Å². The van der Waals surface area contributed by atoms with Gasteiger partial charge in [0.25, 0.3) is 11.4 Å². The minimum absolute atomic E-state index is 0.248. The number of pyridine rings is 1. The Bertz CT molecular complexity index is 957. The SMILES string of the molecule is O=[N+]([O-])c1ccc(-[n+]2ccc(-c3ccc(Cl)cc3)cc2)c([N+](=O)[O-])c1. The van der Waals surface area contributed by atoms with Gasteiger partial charge < -0.3 is 0 Å². The van der Waals surface area contributed by atoms with Crippen molar-refractivity contribution in [2.24, 2.45) is 0 Å². The predicted octanol–water partition coefficient (Wildman–Crippen LogP) is 4.10. The van der Waals surface area contributed by atoms with Gasteiger partial charge in [-0.3, -0.25) is 20.2 Å². The van der Waals surface area contributed by atoms with Gasteiger partial charge in [-0.1, -0.05) is 23.7 Å². The zero-order valence-corrected chi connectivity index (χ0v) is 13.5. The molecular formula is C17H11ClN3O4+. The molecule has 1 heterocycles. The van der Waals surface area contributed by atoms with E-state index in [0.717, 1.165) is 17.2 Å². The number of benzene rings is 2. The van der Waals surface area contributed by atoms with E-state index in [1.807, 2.05) is 12.1 Å². The summed E-state index contributed by atoms with van der Waals surface area (Å²) in [4.78, 5) is 20.8. The van der Waals surface area contributed by atoms with Crippen LogP contribution >= 0.6 is 11.6 Å². The molecule has 124 valence electrons. The average molecular weight is 357 g/mol. The molecule has 3 rings (SSSR count). The number of aromatic nitrogens is 1. The number of nitro benzene ring substituents is 2. The van der Waals surface area contributed by atoms with Crippen LogP contribution in [-0.2, 0) is 0 Å². The molecular weight excluding hydrogens is 346 g/mol. The van der Waals surface area contributed by atoms with Crippen LogP contribution < -0.4 is 4.57 Å². The molecule has 8 heteroatoms. The smallest absolute Gasteiger partial charge is 0.258 e. The summed E-state index contributed by atoms with van der Waals surface area (Å²) in [6.07, 6.45) is 3.33. The van der Waals surface area contributed by atoms with Crippen LogP contribution in [0.15, 0.2) is 67.0 Å². The molecule has 0 unspecified atom stereocenters. The quantitative estimate of drug-likeness (QED) is 0.400. The fourth-order valence-corrected chi connectivity index (χ4v) is 2.54. The molecule has 0 saturated carbocycles. The highest BCUT2D eigenvalue weighted by atomic mass is 35.5. The topological polar surface area (TPSA) is 90.2 Å².